The van der Waals surface area contributed by atoms with E-state index in [9.17, 15) is 14.7 Å². The van der Waals surface area contributed by atoms with E-state index in [1.165, 1.54) is 0 Å². The Morgan fingerprint density at radius 3 is 2.07 bits per heavy atom. The second kappa shape index (κ2) is 5.70. The number of esters is 1. The first kappa shape index (κ1) is 13.9. The Morgan fingerprint density at radius 2 is 1.80 bits per heavy atom. The Labute approximate surface area is 89.0 Å². The van der Waals surface area contributed by atoms with E-state index in [4.69, 9.17) is 5.11 Å². The van der Waals surface area contributed by atoms with Crippen molar-refractivity contribution >= 4 is 11.9 Å². The first-order valence-corrected chi connectivity index (χ1v) is 4.93. The molecule has 0 fully saturated rings. The van der Waals surface area contributed by atoms with Gasteiger partial charge in [-0.25, -0.2) is 0 Å². The van der Waals surface area contributed by atoms with E-state index in [0.29, 0.717) is 12.8 Å². The summed E-state index contributed by atoms with van der Waals surface area (Å²) in [5.41, 5.74) is -1.11. The second-order valence-electron chi connectivity index (χ2n) is 3.55. The summed E-state index contributed by atoms with van der Waals surface area (Å²) in [4.78, 5) is 21.9. The fourth-order valence-corrected chi connectivity index (χ4v) is 1.33. The van der Waals surface area contributed by atoms with E-state index in [1.54, 1.807) is 13.8 Å². The molecule has 15 heavy (non-hydrogen) atoms. The largest absolute Gasteiger partial charge is 0.481 e. The van der Waals surface area contributed by atoms with Crippen molar-refractivity contribution in [1.82, 2.24) is 0 Å². The fraction of sp³-hybridized carbons (Fsp3) is 0.800. The molecule has 0 aliphatic carbocycles. The smallest absolute Gasteiger partial charge is 0.320 e. The van der Waals surface area contributed by atoms with Crippen molar-refractivity contribution < 1.29 is 24.5 Å². The van der Waals surface area contributed by atoms with E-state index in [0.717, 1.165) is 7.11 Å². The molecule has 5 heteroatoms. The van der Waals surface area contributed by atoms with Crippen LogP contribution in [0.1, 0.15) is 33.1 Å². The predicted molar refractivity (Wildman–Crippen MR) is 53.3 cm³/mol. The van der Waals surface area contributed by atoms with Crippen LogP contribution in [-0.2, 0) is 14.3 Å². The summed E-state index contributed by atoms with van der Waals surface area (Å²) < 4.78 is 4.38. The Kier molecular flexibility index (Phi) is 5.28. The van der Waals surface area contributed by atoms with E-state index in [2.05, 4.69) is 4.74 Å². The zero-order valence-electron chi connectivity index (χ0n) is 9.32. The summed E-state index contributed by atoms with van der Waals surface area (Å²) in [5.74, 6) is -3.37. The zero-order chi connectivity index (χ0) is 12.1. The summed E-state index contributed by atoms with van der Waals surface area (Å²) in [6.07, 6.45) is 0.705. The van der Waals surface area contributed by atoms with Crippen molar-refractivity contribution in [3.05, 3.63) is 0 Å². The summed E-state index contributed by atoms with van der Waals surface area (Å²) >= 11 is 0. The number of rotatable bonds is 6. The first-order chi connectivity index (χ1) is 6.90. The van der Waals surface area contributed by atoms with Gasteiger partial charge in [-0.2, -0.15) is 0 Å². The van der Waals surface area contributed by atoms with Gasteiger partial charge in [-0.3, -0.25) is 9.59 Å². The Balaban J connectivity index is 4.67. The number of hydrogen-bond acceptors (Lipinski definition) is 4. The first-order valence-electron chi connectivity index (χ1n) is 4.93. The highest BCUT2D eigenvalue weighted by Crippen LogP contribution is 2.25. The van der Waals surface area contributed by atoms with Gasteiger partial charge >= 0.3 is 11.9 Å². The van der Waals surface area contributed by atoms with Crippen molar-refractivity contribution in [1.29, 1.82) is 0 Å². The lowest BCUT2D eigenvalue weighted by Gasteiger charge is -2.27. The van der Waals surface area contributed by atoms with Crippen LogP contribution in [0, 0.1) is 5.92 Å². The Bertz CT molecular complexity index is 232. The second-order valence-corrected chi connectivity index (χ2v) is 3.55. The normalized spacial score (nSPS) is 13.3. The molecule has 0 radical (unpaired) electrons. The lowest BCUT2D eigenvalue weighted by Crippen LogP contribution is -2.36. The maximum atomic E-state index is 11.1. The van der Waals surface area contributed by atoms with Gasteiger partial charge in [-0.1, -0.05) is 13.8 Å². The highest BCUT2D eigenvalue weighted by Gasteiger charge is 2.36. The van der Waals surface area contributed by atoms with Crippen LogP contribution in [0.4, 0.5) is 0 Å². The van der Waals surface area contributed by atoms with E-state index < -0.39 is 23.5 Å². The lowest BCUT2D eigenvalue weighted by molar-refractivity contribution is -0.160. The number of carbonyl (C=O) groups is 2. The molecule has 2 N–H and O–H groups in total. The van der Waals surface area contributed by atoms with Crippen LogP contribution in [0.3, 0.4) is 0 Å². The van der Waals surface area contributed by atoms with Crippen molar-refractivity contribution in [2.24, 2.45) is 5.92 Å². The number of hydrogen-bond donors (Lipinski definition) is 2. The van der Waals surface area contributed by atoms with Crippen LogP contribution in [0.15, 0.2) is 0 Å². The van der Waals surface area contributed by atoms with Crippen molar-refractivity contribution in [3.8, 4) is 0 Å². The molecule has 0 rings (SSSR count). The van der Waals surface area contributed by atoms with Crippen LogP contribution in [0.5, 0.6) is 0 Å². The standard InChI is InChI=1S/C10H18O5/c1-4-10(14,5-2)6-7(8(11)12)9(13)15-3/h7,14H,4-6H2,1-3H3,(H,11,12). The molecule has 0 aromatic heterocycles. The molecule has 0 aromatic carbocycles. The van der Waals surface area contributed by atoms with Crippen molar-refractivity contribution in [3.63, 3.8) is 0 Å². The van der Waals surface area contributed by atoms with Gasteiger partial charge in [0, 0.05) is 6.42 Å². The zero-order valence-corrected chi connectivity index (χ0v) is 9.32. The van der Waals surface area contributed by atoms with Gasteiger partial charge in [0.05, 0.1) is 12.7 Å². The van der Waals surface area contributed by atoms with Gasteiger partial charge in [0.15, 0.2) is 5.92 Å². The number of methoxy groups -OCH3 is 1. The number of aliphatic carboxylic acids is 1. The van der Waals surface area contributed by atoms with E-state index in [1.807, 2.05) is 0 Å². The highest BCUT2D eigenvalue weighted by molar-refractivity contribution is 5.93. The maximum Gasteiger partial charge on any atom is 0.320 e. The van der Waals surface area contributed by atoms with Crippen molar-refractivity contribution in [2.75, 3.05) is 7.11 Å². The summed E-state index contributed by atoms with van der Waals surface area (Å²) in [7, 11) is 1.13. The average molecular weight is 218 g/mol. The molecule has 0 amide bonds. The molecule has 5 nitrogen and oxygen atoms in total. The molecule has 0 saturated heterocycles. The topological polar surface area (TPSA) is 83.8 Å². The fourth-order valence-electron chi connectivity index (χ4n) is 1.33. The average Bonchev–Trinajstić information content (AvgIpc) is 2.24. The predicted octanol–water partition coefficient (Wildman–Crippen LogP) is 0.801. The lowest BCUT2D eigenvalue weighted by atomic mass is 9.86. The number of aliphatic hydroxyl groups is 1. The molecular formula is C10H18O5. The van der Waals surface area contributed by atoms with Crippen LogP contribution in [-0.4, -0.2) is 34.9 Å². The molecule has 0 aliphatic heterocycles. The summed E-state index contributed by atoms with van der Waals surface area (Å²) in [6.45, 7) is 3.50. The van der Waals surface area contributed by atoms with Gasteiger partial charge in [0.25, 0.3) is 0 Å². The van der Waals surface area contributed by atoms with Gasteiger partial charge in [0.2, 0.25) is 0 Å². The summed E-state index contributed by atoms with van der Waals surface area (Å²) in [5, 5.41) is 18.7. The summed E-state index contributed by atoms with van der Waals surface area (Å²) in [6, 6.07) is 0. The van der Waals surface area contributed by atoms with Crippen LogP contribution >= 0.6 is 0 Å². The molecule has 0 aromatic rings. The number of ether oxygens (including phenoxy) is 1. The maximum absolute atomic E-state index is 11.1. The molecular weight excluding hydrogens is 200 g/mol. The van der Waals surface area contributed by atoms with Crippen LogP contribution < -0.4 is 0 Å². The third kappa shape index (κ3) is 3.87. The molecule has 1 atom stereocenters. The third-order valence-corrected chi connectivity index (χ3v) is 2.68. The van der Waals surface area contributed by atoms with Gasteiger partial charge in [-0.15, -0.1) is 0 Å². The minimum Gasteiger partial charge on any atom is -0.481 e. The monoisotopic (exact) mass is 218 g/mol. The highest BCUT2D eigenvalue weighted by atomic mass is 16.5. The minimum absolute atomic E-state index is 0.109. The van der Waals surface area contributed by atoms with E-state index in [-0.39, 0.29) is 6.42 Å². The van der Waals surface area contributed by atoms with Gasteiger partial charge < -0.3 is 14.9 Å². The van der Waals surface area contributed by atoms with E-state index >= 15 is 0 Å². The molecule has 0 heterocycles. The molecule has 0 spiro atoms. The Morgan fingerprint density at radius 1 is 1.33 bits per heavy atom. The minimum atomic E-state index is -1.29. The van der Waals surface area contributed by atoms with Crippen molar-refractivity contribution in [2.45, 2.75) is 38.7 Å². The number of carboxylic acids is 1. The van der Waals surface area contributed by atoms with Crippen LogP contribution in [0.25, 0.3) is 0 Å². The molecule has 0 aliphatic rings. The number of carbonyl (C=O) groups excluding carboxylic acids is 1. The molecule has 0 bridgehead atoms. The molecule has 1 unspecified atom stereocenters. The third-order valence-electron chi connectivity index (χ3n) is 2.68. The molecule has 0 saturated carbocycles. The molecule has 88 valence electrons. The van der Waals surface area contributed by atoms with Gasteiger partial charge in [-0.05, 0) is 12.8 Å². The number of carboxylic acid groups (broad SMARTS) is 1. The SMILES string of the molecule is CCC(O)(CC)CC(C(=O)O)C(=O)OC. The van der Waals surface area contributed by atoms with Gasteiger partial charge in [0.1, 0.15) is 0 Å². The van der Waals surface area contributed by atoms with Crippen LogP contribution in [0.2, 0.25) is 0 Å². The Hall–Kier alpha value is -1.10. The quantitative estimate of drug-likeness (QED) is 0.509.